The zero-order valence-electron chi connectivity index (χ0n) is 11.4. The molecule has 1 heterocycles. The van der Waals surface area contributed by atoms with Gasteiger partial charge in [-0.3, -0.25) is 15.0 Å². The summed E-state index contributed by atoms with van der Waals surface area (Å²) in [7, 11) is 0. The Morgan fingerprint density at radius 1 is 1.15 bits per heavy atom. The standard InChI is InChI=1S/C13H20N4O3/c14-10-3-1-2-9(10)12(15)13(20)17-6-4-16(5-7-17)11(19)8-18/h15,18H,1-8,14H2. The van der Waals surface area contributed by atoms with Crippen LogP contribution in [-0.4, -0.2) is 65.2 Å². The number of nitrogens with one attached hydrogen (secondary N) is 1. The second kappa shape index (κ2) is 6.04. The van der Waals surface area contributed by atoms with Gasteiger partial charge in [-0.2, -0.15) is 0 Å². The summed E-state index contributed by atoms with van der Waals surface area (Å²) in [5.74, 6) is -0.643. The van der Waals surface area contributed by atoms with Crippen molar-refractivity contribution < 1.29 is 14.7 Å². The van der Waals surface area contributed by atoms with Gasteiger partial charge < -0.3 is 20.6 Å². The Bertz CT molecular complexity index is 464. The normalized spacial score (nSPS) is 19.4. The van der Waals surface area contributed by atoms with Crippen molar-refractivity contribution in [1.82, 2.24) is 9.80 Å². The number of piperazine rings is 1. The lowest BCUT2D eigenvalue weighted by Gasteiger charge is -2.34. The van der Waals surface area contributed by atoms with Crippen LogP contribution in [0.3, 0.4) is 0 Å². The molecule has 1 aliphatic carbocycles. The number of rotatable bonds is 3. The van der Waals surface area contributed by atoms with Crippen LogP contribution in [0, 0.1) is 5.41 Å². The molecule has 2 aliphatic rings. The molecule has 20 heavy (non-hydrogen) atoms. The van der Waals surface area contributed by atoms with Crippen molar-refractivity contribution in [3.8, 4) is 0 Å². The van der Waals surface area contributed by atoms with Crippen LogP contribution in [0.1, 0.15) is 19.3 Å². The van der Waals surface area contributed by atoms with Gasteiger partial charge in [-0.15, -0.1) is 0 Å². The second-order valence-electron chi connectivity index (χ2n) is 5.06. The maximum atomic E-state index is 12.2. The van der Waals surface area contributed by atoms with Crippen molar-refractivity contribution in [3.05, 3.63) is 11.3 Å². The Kier molecular flexibility index (Phi) is 4.39. The van der Waals surface area contributed by atoms with Gasteiger partial charge in [-0.05, 0) is 19.3 Å². The van der Waals surface area contributed by atoms with E-state index in [1.54, 1.807) is 4.90 Å². The van der Waals surface area contributed by atoms with Gasteiger partial charge in [0.05, 0.1) is 0 Å². The first-order valence-corrected chi connectivity index (χ1v) is 6.79. The molecule has 7 heteroatoms. The average molecular weight is 280 g/mol. The fourth-order valence-electron chi connectivity index (χ4n) is 2.60. The molecule has 0 saturated carbocycles. The maximum absolute atomic E-state index is 12.2. The van der Waals surface area contributed by atoms with Crippen LogP contribution in [-0.2, 0) is 9.59 Å². The minimum atomic E-state index is -0.507. The van der Waals surface area contributed by atoms with E-state index >= 15 is 0 Å². The smallest absolute Gasteiger partial charge is 0.272 e. The lowest BCUT2D eigenvalue weighted by Crippen LogP contribution is -2.52. The number of nitrogens with zero attached hydrogens (tertiary/aromatic N) is 2. The molecule has 110 valence electrons. The molecule has 1 fully saturated rings. The molecule has 0 spiro atoms. The molecule has 0 aromatic heterocycles. The number of hydrogen-bond acceptors (Lipinski definition) is 5. The van der Waals surface area contributed by atoms with Crippen molar-refractivity contribution in [3.63, 3.8) is 0 Å². The van der Waals surface area contributed by atoms with Crippen molar-refractivity contribution in [2.24, 2.45) is 5.73 Å². The Labute approximate surface area is 117 Å². The van der Waals surface area contributed by atoms with E-state index in [4.69, 9.17) is 16.2 Å². The predicted octanol–water partition coefficient (Wildman–Crippen LogP) is -0.934. The summed E-state index contributed by atoms with van der Waals surface area (Å²) in [6, 6.07) is 0. The number of carbonyl (C=O) groups is 2. The third-order valence-electron chi connectivity index (χ3n) is 3.83. The van der Waals surface area contributed by atoms with Gasteiger partial charge >= 0.3 is 0 Å². The van der Waals surface area contributed by atoms with Crippen LogP contribution in [0.2, 0.25) is 0 Å². The van der Waals surface area contributed by atoms with Gasteiger partial charge in [0, 0.05) is 37.4 Å². The van der Waals surface area contributed by atoms with Gasteiger partial charge in [-0.25, -0.2) is 0 Å². The summed E-state index contributed by atoms with van der Waals surface area (Å²) in [5, 5.41) is 16.8. The lowest BCUT2D eigenvalue weighted by atomic mass is 10.1. The molecule has 0 unspecified atom stereocenters. The number of amides is 2. The zero-order chi connectivity index (χ0) is 14.7. The third-order valence-corrected chi connectivity index (χ3v) is 3.83. The van der Waals surface area contributed by atoms with Crippen molar-refractivity contribution >= 4 is 17.5 Å². The van der Waals surface area contributed by atoms with E-state index in [1.807, 2.05) is 0 Å². The maximum Gasteiger partial charge on any atom is 0.272 e. The molecule has 7 nitrogen and oxygen atoms in total. The molecule has 2 rings (SSSR count). The Morgan fingerprint density at radius 2 is 1.75 bits per heavy atom. The Balaban J connectivity index is 1.94. The predicted molar refractivity (Wildman–Crippen MR) is 73.0 cm³/mol. The van der Waals surface area contributed by atoms with E-state index in [2.05, 4.69) is 0 Å². The van der Waals surface area contributed by atoms with Crippen LogP contribution in [0.4, 0.5) is 0 Å². The van der Waals surface area contributed by atoms with Crippen LogP contribution in [0.15, 0.2) is 11.3 Å². The quantitative estimate of drug-likeness (QED) is 0.580. The van der Waals surface area contributed by atoms with Gasteiger partial charge in [0.25, 0.3) is 5.91 Å². The summed E-state index contributed by atoms with van der Waals surface area (Å²) >= 11 is 0. The van der Waals surface area contributed by atoms with Crippen LogP contribution < -0.4 is 5.73 Å². The molecule has 1 saturated heterocycles. The molecule has 0 atom stereocenters. The largest absolute Gasteiger partial charge is 0.402 e. The van der Waals surface area contributed by atoms with Crippen molar-refractivity contribution in [2.75, 3.05) is 32.8 Å². The lowest BCUT2D eigenvalue weighted by molar-refractivity contribution is -0.138. The number of carbonyl (C=O) groups excluding carboxylic acids is 2. The van der Waals surface area contributed by atoms with Gasteiger partial charge in [0.2, 0.25) is 5.91 Å². The number of allylic oxidation sites excluding steroid dienone is 1. The summed E-state index contributed by atoms with van der Waals surface area (Å²) in [6.07, 6.45) is 2.35. The van der Waals surface area contributed by atoms with E-state index < -0.39 is 6.61 Å². The van der Waals surface area contributed by atoms with Gasteiger partial charge in [0.15, 0.2) is 0 Å². The molecule has 0 radical (unpaired) electrons. The van der Waals surface area contributed by atoms with E-state index in [1.165, 1.54) is 4.90 Å². The molecule has 0 aromatic carbocycles. The average Bonchev–Trinajstić information content (AvgIpc) is 2.91. The monoisotopic (exact) mass is 280 g/mol. The third kappa shape index (κ3) is 2.82. The summed E-state index contributed by atoms with van der Waals surface area (Å²) in [6.45, 7) is 1.06. The number of nitrogens with two attached hydrogens (primary N) is 1. The highest BCUT2D eigenvalue weighted by Gasteiger charge is 2.28. The van der Waals surface area contributed by atoms with Crippen LogP contribution in [0.25, 0.3) is 0 Å². The molecule has 2 amide bonds. The highest BCUT2D eigenvalue weighted by molar-refractivity contribution is 6.44. The van der Waals surface area contributed by atoms with E-state index in [0.717, 1.165) is 12.8 Å². The molecular weight excluding hydrogens is 260 g/mol. The topological polar surface area (TPSA) is 111 Å². The first kappa shape index (κ1) is 14.5. The molecular formula is C13H20N4O3. The molecule has 4 N–H and O–H groups in total. The number of aliphatic hydroxyl groups is 1. The summed E-state index contributed by atoms with van der Waals surface area (Å²) < 4.78 is 0. The number of aliphatic hydroxyl groups excluding tert-OH is 1. The first-order chi connectivity index (χ1) is 9.54. The summed E-state index contributed by atoms with van der Waals surface area (Å²) in [4.78, 5) is 26.7. The fraction of sp³-hybridized carbons (Fsp3) is 0.615. The SMILES string of the molecule is N=C(C(=O)N1CCN(C(=O)CO)CC1)C1=C(N)CCC1. The molecule has 0 bridgehead atoms. The highest BCUT2D eigenvalue weighted by atomic mass is 16.3. The minimum Gasteiger partial charge on any atom is -0.402 e. The van der Waals surface area contributed by atoms with E-state index in [0.29, 0.717) is 43.9 Å². The van der Waals surface area contributed by atoms with Crippen molar-refractivity contribution in [1.29, 1.82) is 5.41 Å². The number of hydrogen-bond donors (Lipinski definition) is 3. The zero-order valence-corrected chi connectivity index (χ0v) is 11.4. The van der Waals surface area contributed by atoms with E-state index in [-0.39, 0.29) is 17.5 Å². The first-order valence-electron chi connectivity index (χ1n) is 6.79. The Hall–Kier alpha value is -1.89. The fourth-order valence-corrected chi connectivity index (χ4v) is 2.60. The molecule has 1 aliphatic heterocycles. The minimum absolute atomic E-state index is 0.0121. The summed E-state index contributed by atoms with van der Waals surface area (Å²) in [5.41, 5.74) is 7.12. The van der Waals surface area contributed by atoms with Gasteiger partial charge in [-0.1, -0.05) is 0 Å². The molecule has 0 aromatic rings. The highest BCUT2D eigenvalue weighted by Crippen LogP contribution is 2.23. The van der Waals surface area contributed by atoms with Gasteiger partial charge in [0.1, 0.15) is 12.3 Å². The second-order valence-corrected chi connectivity index (χ2v) is 5.06. The van der Waals surface area contributed by atoms with Crippen LogP contribution in [0.5, 0.6) is 0 Å². The van der Waals surface area contributed by atoms with E-state index in [9.17, 15) is 9.59 Å². The van der Waals surface area contributed by atoms with Crippen molar-refractivity contribution in [2.45, 2.75) is 19.3 Å². The van der Waals surface area contributed by atoms with Crippen LogP contribution >= 0.6 is 0 Å². The Morgan fingerprint density at radius 3 is 2.25 bits per heavy atom.